The van der Waals surface area contributed by atoms with Gasteiger partial charge in [0.05, 0.1) is 18.2 Å². The second-order valence-corrected chi connectivity index (χ2v) is 8.75. The van der Waals surface area contributed by atoms with Crippen molar-refractivity contribution in [2.75, 3.05) is 17.4 Å². The minimum Gasteiger partial charge on any atom is -0.454 e. The third-order valence-electron chi connectivity index (χ3n) is 3.97. The number of benzene rings is 2. The lowest BCUT2D eigenvalue weighted by molar-refractivity contribution is -0.121. The molecule has 2 aromatic carbocycles. The van der Waals surface area contributed by atoms with Crippen molar-refractivity contribution in [1.82, 2.24) is 5.43 Å². The van der Waals surface area contributed by atoms with Crippen molar-refractivity contribution in [3.8, 4) is 11.5 Å². The van der Waals surface area contributed by atoms with Crippen LogP contribution in [0.1, 0.15) is 12.5 Å². The highest BCUT2D eigenvalue weighted by Gasteiger charge is 2.28. The first-order valence-electron chi connectivity index (χ1n) is 8.24. The van der Waals surface area contributed by atoms with Crippen molar-refractivity contribution >= 4 is 43.8 Å². The van der Waals surface area contributed by atoms with Crippen LogP contribution in [-0.2, 0) is 14.8 Å². The van der Waals surface area contributed by atoms with E-state index in [9.17, 15) is 13.2 Å². The van der Waals surface area contributed by atoms with Gasteiger partial charge < -0.3 is 9.47 Å². The second-order valence-electron chi connectivity index (χ2n) is 6.03. The molecule has 0 saturated heterocycles. The van der Waals surface area contributed by atoms with Crippen LogP contribution >= 0.6 is 15.9 Å². The summed E-state index contributed by atoms with van der Waals surface area (Å²) in [6, 6.07) is 10.9. The number of nitrogens with one attached hydrogen (secondary N) is 1. The van der Waals surface area contributed by atoms with Gasteiger partial charge in [0, 0.05) is 10.0 Å². The highest BCUT2D eigenvalue weighted by molar-refractivity contribution is 9.10. The average Bonchev–Trinajstić information content (AvgIpc) is 3.08. The van der Waals surface area contributed by atoms with E-state index in [0.717, 1.165) is 10.6 Å². The molecule has 0 unspecified atom stereocenters. The second kappa shape index (κ2) is 8.19. The Hall–Kier alpha value is -2.59. The number of fused-ring (bicyclic) bond motifs is 1. The highest BCUT2D eigenvalue weighted by atomic mass is 79.9. The maximum Gasteiger partial charge on any atom is 0.263 e. The first kappa shape index (κ1) is 20.2. The Morgan fingerprint density at radius 1 is 1.25 bits per heavy atom. The number of hydrogen-bond donors (Lipinski definition) is 1. The quantitative estimate of drug-likeness (QED) is 0.519. The van der Waals surface area contributed by atoms with E-state index in [1.807, 2.05) is 0 Å². The number of amides is 1. The molecule has 0 aromatic heterocycles. The molecule has 1 amide bonds. The van der Waals surface area contributed by atoms with Gasteiger partial charge in [0.15, 0.2) is 11.5 Å². The Morgan fingerprint density at radius 2 is 1.89 bits per heavy atom. The minimum atomic E-state index is -3.67. The molecule has 1 atom stereocenters. The van der Waals surface area contributed by atoms with E-state index in [-0.39, 0.29) is 6.79 Å². The fourth-order valence-electron chi connectivity index (χ4n) is 2.67. The zero-order valence-electron chi connectivity index (χ0n) is 15.1. The molecule has 0 aliphatic carbocycles. The predicted octanol–water partition coefficient (Wildman–Crippen LogP) is 2.48. The van der Waals surface area contributed by atoms with E-state index in [1.165, 1.54) is 13.1 Å². The van der Waals surface area contributed by atoms with E-state index in [1.54, 1.807) is 42.5 Å². The van der Waals surface area contributed by atoms with Gasteiger partial charge in [-0.3, -0.25) is 9.10 Å². The summed E-state index contributed by atoms with van der Waals surface area (Å²) in [7, 11) is -3.67. The molecule has 0 fully saturated rings. The standard InChI is InChI=1S/C18H18BrN3O5S/c1-12(22(28(2,24)25)14-6-4-3-5-7-14)18(23)21-20-10-13-8-16-17(9-15(13)19)27-11-26-16/h3-10,12H,11H2,1-2H3,(H,21,23)/b20-10-/t12-/m0/s1. The molecular formula is C18H18BrN3O5S. The van der Waals surface area contributed by atoms with Gasteiger partial charge in [0.2, 0.25) is 16.8 Å². The van der Waals surface area contributed by atoms with Crippen LogP contribution in [0.3, 0.4) is 0 Å². The molecule has 8 nitrogen and oxygen atoms in total. The fourth-order valence-corrected chi connectivity index (χ4v) is 4.27. The van der Waals surface area contributed by atoms with Crippen molar-refractivity contribution in [2.24, 2.45) is 5.10 Å². The maximum atomic E-state index is 12.5. The summed E-state index contributed by atoms with van der Waals surface area (Å²) in [5.41, 5.74) is 3.44. The van der Waals surface area contributed by atoms with Crippen molar-refractivity contribution in [1.29, 1.82) is 0 Å². The summed E-state index contributed by atoms with van der Waals surface area (Å²) in [5.74, 6) is 0.632. The van der Waals surface area contributed by atoms with Gasteiger partial charge >= 0.3 is 0 Å². The topological polar surface area (TPSA) is 97.3 Å². The Morgan fingerprint density at radius 3 is 2.54 bits per heavy atom. The lowest BCUT2D eigenvalue weighted by Crippen LogP contribution is -2.46. The van der Waals surface area contributed by atoms with Gasteiger partial charge in [-0.2, -0.15) is 5.10 Å². The lowest BCUT2D eigenvalue weighted by atomic mass is 10.2. The largest absolute Gasteiger partial charge is 0.454 e. The highest BCUT2D eigenvalue weighted by Crippen LogP contribution is 2.36. The van der Waals surface area contributed by atoms with Gasteiger partial charge in [-0.15, -0.1) is 0 Å². The van der Waals surface area contributed by atoms with Crippen LogP contribution in [0.25, 0.3) is 0 Å². The zero-order chi connectivity index (χ0) is 20.3. The Bertz CT molecular complexity index is 1010. The molecule has 0 spiro atoms. The maximum absolute atomic E-state index is 12.5. The van der Waals surface area contributed by atoms with Crippen molar-refractivity contribution in [3.63, 3.8) is 0 Å². The summed E-state index contributed by atoms with van der Waals surface area (Å²) in [6.07, 6.45) is 2.49. The molecule has 1 heterocycles. The van der Waals surface area contributed by atoms with Gasteiger partial charge in [-0.1, -0.05) is 18.2 Å². The smallest absolute Gasteiger partial charge is 0.263 e. The molecule has 2 aromatic rings. The van der Waals surface area contributed by atoms with E-state index >= 15 is 0 Å². The third kappa shape index (κ3) is 4.45. The number of hydrogen-bond acceptors (Lipinski definition) is 6. The van der Waals surface area contributed by atoms with Crippen LogP contribution in [0.2, 0.25) is 0 Å². The summed E-state index contributed by atoms with van der Waals surface area (Å²) < 4.78 is 36.8. The van der Waals surface area contributed by atoms with Crippen molar-refractivity contribution in [2.45, 2.75) is 13.0 Å². The van der Waals surface area contributed by atoms with Gasteiger partial charge in [-0.05, 0) is 47.1 Å². The van der Waals surface area contributed by atoms with Crippen LogP contribution in [0, 0.1) is 0 Å². The number of ether oxygens (including phenoxy) is 2. The normalized spacial score (nSPS) is 14.1. The molecule has 148 valence electrons. The van der Waals surface area contributed by atoms with Gasteiger partial charge in [0.25, 0.3) is 5.91 Å². The fraction of sp³-hybridized carbons (Fsp3) is 0.222. The van der Waals surface area contributed by atoms with Gasteiger partial charge in [-0.25, -0.2) is 13.8 Å². The SMILES string of the molecule is C[C@@H](C(=O)N/N=C\c1cc2c(cc1Br)OCO2)N(c1ccccc1)S(C)(=O)=O. The van der Waals surface area contributed by atoms with Gasteiger partial charge in [0.1, 0.15) is 6.04 Å². The van der Waals surface area contributed by atoms with Crippen molar-refractivity contribution < 1.29 is 22.7 Å². The number of carbonyl (C=O) groups is 1. The molecule has 0 bridgehead atoms. The van der Waals surface area contributed by atoms with Crippen molar-refractivity contribution in [3.05, 3.63) is 52.5 Å². The van der Waals surface area contributed by atoms with E-state index < -0.39 is 22.0 Å². The van der Waals surface area contributed by atoms with Crippen LogP contribution in [0.4, 0.5) is 5.69 Å². The number of rotatable bonds is 6. The first-order chi connectivity index (χ1) is 13.3. The zero-order valence-corrected chi connectivity index (χ0v) is 17.5. The third-order valence-corrected chi connectivity index (χ3v) is 5.90. The first-order valence-corrected chi connectivity index (χ1v) is 10.9. The number of carbonyl (C=O) groups excluding carboxylic acids is 1. The lowest BCUT2D eigenvalue weighted by Gasteiger charge is -2.27. The summed E-state index contributed by atoms with van der Waals surface area (Å²) in [4.78, 5) is 12.5. The van der Waals surface area contributed by atoms with E-state index in [2.05, 4.69) is 26.5 Å². The number of hydrazone groups is 1. The molecule has 0 saturated carbocycles. The number of sulfonamides is 1. The number of nitrogens with zero attached hydrogens (tertiary/aromatic N) is 2. The summed E-state index contributed by atoms with van der Waals surface area (Å²) in [5, 5.41) is 3.93. The van der Waals surface area contributed by atoms with Crippen LogP contribution in [0.15, 0.2) is 52.0 Å². The molecule has 1 aliphatic heterocycles. The molecule has 1 N–H and O–H groups in total. The number of para-hydroxylation sites is 1. The summed E-state index contributed by atoms with van der Waals surface area (Å²) >= 11 is 3.40. The number of anilines is 1. The van der Waals surface area contributed by atoms with E-state index in [4.69, 9.17) is 9.47 Å². The molecule has 3 rings (SSSR count). The van der Waals surface area contributed by atoms with E-state index in [0.29, 0.717) is 27.2 Å². The molecule has 1 aliphatic rings. The summed E-state index contributed by atoms with van der Waals surface area (Å²) in [6.45, 7) is 1.65. The van der Waals surface area contributed by atoms with Crippen LogP contribution in [-0.4, -0.2) is 39.6 Å². The molecule has 0 radical (unpaired) electrons. The van der Waals surface area contributed by atoms with Crippen LogP contribution in [0.5, 0.6) is 11.5 Å². The molecule has 28 heavy (non-hydrogen) atoms. The Labute approximate surface area is 171 Å². The Kier molecular flexibility index (Phi) is 5.90. The molecule has 10 heteroatoms. The van der Waals surface area contributed by atoms with Crippen LogP contribution < -0.4 is 19.2 Å². The molecular weight excluding hydrogens is 450 g/mol. The predicted molar refractivity (Wildman–Crippen MR) is 109 cm³/mol. The number of halogens is 1. The monoisotopic (exact) mass is 467 g/mol. The Balaban J connectivity index is 1.74. The average molecular weight is 468 g/mol. The minimum absolute atomic E-state index is 0.150.